The maximum Gasteiger partial charge on any atom is -0.0354 e. The largest absolute Gasteiger partial charge is 0.0620 e. The maximum atomic E-state index is 2.44. The van der Waals surface area contributed by atoms with E-state index >= 15 is 0 Å². The van der Waals surface area contributed by atoms with Gasteiger partial charge < -0.3 is 0 Å². The van der Waals surface area contributed by atoms with E-state index in [2.05, 4.69) is 27.7 Å². The molecule has 3 aliphatic rings. The van der Waals surface area contributed by atoms with Crippen molar-refractivity contribution in [1.29, 1.82) is 0 Å². The molecule has 0 aromatic carbocycles. The average molecular weight is 208 g/mol. The smallest absolute Gasteiger partial charge is 0.0354 e. The standard InChI is InChI=1S/C8H14.C7H14/c1-6(7-2-3-7)8-4-5-8;1-7(2,3)6-4-5-6/h6-8H,2-5H2,1H3;6H,4-5H2,1-3H3. The molecule has 3 aliphatic carbocycles. The summed E-state index contributed by atoms with van der Waals surface area (Å²) in [6, 6.07) is 0. The molecule has 0 nitrogen and oxygen atoms in total. The molecule has 0 atom stereocenters. The first-order chi connectivity index (χ1) is 6.98. The minimum atomic E-state index is 0.611. The third kappa shape index (κ3) is 3.81. The lowest BCUT2D eigenvalue weighted by atomic mass is 9.91. The van der Waals surface area contributed by atoms with E-state index in [0.717, 1.165) is 23.7 Å². The highest BCUT2D eigenvalue weighted by Crippen LogP contribution is 2.48. The zero-order valence-corrected chi connectivity index (χ0v) is 11.1. The lowest BCUT2D eigenvalue weighted by molar-refractivity contribution is 0.351. The molecule has 0 heterocycles. The van der Waals surface area contributed by atoms with Crippen molar-refractivity contribution in [2.24, 2.45) is 29.1 Å². The van der Waals surface area contributed by atoms with Gasteiger partial charge in [0.05, 0.1) is 0 Å². The van der Waals surface area contributed by atoms with Crippen LogP contribution >= 0.6 is 0 Å². The Bertz CT molecular complexity index is 187. The van der Waals surface area contributed by atoms with E-state index in [1.54, 1.807) is 0 Å². The molecule has 0 aromatic rings. The van der Waals surface area contributed by atoms with E-state index in [-0.39, 0.29) is 0 Å². The molecule has 0 unspecified atom stereocenters. The van der Waals surface area contributed by atoms with Crippen molar-refractivity contribution in [3.63, 3.8) is 0 Å². The fraction of sp³-hybridized carbons (Fsp3) is 1.00. The van der Waals surface area contributed by atoms with Gasteiger partial charge in [-0.2, -0.15) is 0 Å². The van der Waals surface area contributed by atoms with Crippen molar-refractivity contribution in [2.75, 3.05) is 0 Å². The van der Waals surface area contributed by atoms with Crippen LogP contribution in [0.4, 0.5) is 0 Å². The molecule has 0 bridgehead atoms. The van der Waals surface area contributed by atoms with E-state index in [9.17, 15) is 0 Å². The average Bonchev–Trinajstić information content (AvgIpc) is 3.05. The first-order valence-electron chi connectivity index (χ1n) is 6.98. The quantitative estimate of drug-likeness (QED) is 0.606. The lowest BCUT2D eigenvalue weighted by Gasteiger charge is -2.15. The Morgan fingerprint density at radius 2 is 1.20 bits per heavy atom. The van der Waals surface area contributed by atoms with Gasteiger partial charge in [0.15, 0.2) is 0 Å². The van der Waals surface area contributed by atoms with Crippen LogP contribution in [0.3, 0.4) is 0 Å². The summed E-state index contributed by atoms with van der Waals surface area (Å²) >= 11 is 0. The van der Waals surface area contributed by atoms with Gasteiger partial charge in [-0.1, -0.05) is 27.7 Å². The summed E-state index contributed by atoms with van der Waals surface area (Å²) in [5, 5.41) is 0. The highest BCUT2D eigenvalue weighted by atomic mass is 14.4. The van der Waals surface area contributed by atoms with Crippen LogP contribution < -0.4 is 0 Å². The van der Waals surface area contributed by atoms with E-state index in [0.29, 0.717) is 5.41 Å². The van der Waals surface area contributed by atoms with Crippen LogP contribution in [0.5, 0.6) is 0 Å². The van der Waals surface area contributed by atoms with Gasteiger partial charge in [0.1, 0.15) is 0 Å². The molecule has 0 aromatic heterocycles. The van der Waals surface area contributed by atoms with Crippen LogP contribution in [0.1, 0.15) is 66.2 Å². The van der Waals surface area contributed by atoms with Crippen LogP contribution in [0.2, 0.25) is 0 Å². The summed E-state index contributed by atoms with van der Waals surface area (Å²) in [6.07, 6.45) is 9.11. The molecule has 88 valence electrons. The predicted molar refractivity (Wildman–Crippen MR) is 66.8 cm³/mol. The van der Waals surface area contributed by atoms with Crippen molar-refractivity contribution >= 4 is 0 Å². The number of rotatable bonds is 2. The summed E-state index contributed by atoms with van der Waals surface area (Å²) in [5.41, 5.74) is 0.611. The van der Waals surface area contributed by atoms with Crippen LogP contribution in [-0.2, 0) is 0 Å². The number of hydrogen-bond donors (Lipinski definition) is 0. The van der Waals surface area contributed by atoms with Crippen molar-refractivity contribution in [3.05, 3.63) is 0 Å². The highest BCUT2D eigenvalue weighted by molar-refractivity contribution is 4.88. The Morgan fingerprint density at radius 3 is 1.33 bits per heavy atom. The SMILES string of the molecule is CC(C)(C)C1CC1.CC(C1CC1)C1CC1. The van der Waals surface area contributed by atoms with Gasteiger partial charge in [-0.05, 0) is 67.6 Å². The van der Waals surface area contributed by atoms with E-state index in [1.165, 1.54) is 38.5 Å². The van der Waals surface area contributed by atoms with Crippen LogP contribution in [0.15, 0.2) is 0 Å². The number of hydrogen-bond acceptors (Lipinski definition) is 0. The zero-order chi connectivity index (χ0) is 11.1. The van der Waals surface area contributed by atoms with Gasteiger partial charge >= 0.3 is 0 Å². The Morgan fingerprint density at radius 1 is 0.800 bits per heavy atom. The molecule has 3 saturated carbocycles. The van der Waals surface area contributed by atoms with Crippen molar-refractivity contribution in [1.82, 2.24) is 0 Å². The Kier molecular flexibility index (Phi) is 3.14. The molecule has 0 amide bonds. The van der Waals surface area contributed by atoms with Gasteiger partial charge in [-0.15, -0.1) is 0 Å². The second kappa shape index (κ2) is 4.11. The third-order valence-electron chi connectivity index (χ3n) is 4.53. The second-order valence-corrected chi connectivity index (χ2v) is 7.17. The minimum Gasteiger partial charge on any atom is -0.0620 e. The molecule has 3 fully saturated rings. The molecular formula is C15H28. The molecule has 0 spiro atoms. The van der Waals surface area contributed by atoms with E-state index < -0.39 is 0 Å². The van der Waals surface area contributed by atoms with Gasteiger partial charge in [-0.25, -0.2) is 0 Å². The highest BCUT2D eigenvalue weighted by Gasteiger charge is 2.38. The summed E-state index contributed by atoms with van der Waals surface area (Å²) in [6.45, 7) is 9.41. The van der Waals surface area contributed by atoms with Crippen molar-refractivity contribution in [3.8, 4) is 0 Å². The molecule has 3 rings (SSSR count). The first kappa shape index (κ1) is 11.5. The molecule has 15 heavy (non-hydrogen) atoms. The molecule has 0 saturated heterocycles. The fourth-order valence-electron chi connectivity index (χ4n) is 2.58. The monoisotopic (exact) mass is 208 g/mol. The maximum absolute atomic E-state index is 2.44. The van der Waals surface area contributed by atoms with Gasteiger partial charge in [0, 0.05) is 0 Å². The molecule has 0 N–H and O–H groups in total. The van der Waals surface area contributed by atoms with Crippen LogP contribution in [0, 0.1) is 29.1 Å². The third-order valence-corrected chi connectivity index (χ3v) is 4.53. The van der Waals surface area contributed by atoms with Crippen LogP contribution in [0.25, 0.3) is 0 Å². The van der Waals surface area contributed by atoms with E-state index in [4.69, 9.17) is 0 Å². The van der Waals surface area contributed by atoms with Gasteiger partial charge in [-0.3, -0.25) is 0 Å². The van der Waals surface area contributed by atoms with Crippen LogP contribution in [-0.4, -0.2) is 0 Å². The second-order valence-electron chi connectivity index (χ2n) is 7.17. The first-order valence-corrected chi connectivity index (χ1v) is 6.98. The summed E-state index contributed by atoms with van der Waals surface area (Å²) in [5.74, 6) is 4.45. The normalized spacial score (nSPS) is 26.2. The summed E-state index contributed by atoms with van der Waals surface area (Å²) in [4.78, 5) is 0. The lowest BCUT2D eigenvalue weighted by Crippen LogP contribution is -2.06. The minimum absolute atomic E-state index is 0.611. The van der Waals surface area contributed by atoms with Gasteiger partial charge in [0.2, 0.25) is 0 Å². The molecule has 0 aliphatic heterocycles. The fourth-order valence-corrected chi connectivity index (χ4v) is 2.58. The summed E-state index contributed by atoms with van der Waals surface area (Å²) in [7, 11) is 0. The topological polar surface area (TPSA) is 0 Å². The summed E-state index contributed by atoms with van der Waals surface area (Å²) < 4.78 is 0. The Balaban J connectivity index is 0.000000115. The zero-order valence-electron chi connectivity index (χ0n) is 11.1. The van der Waals surface area contributed by atoms with E-state index in [1.807, 2.05) is 0 Å². The van der Waals surface area contributed by atoms with Crippen molar-refractivity contribution in [2.45, 2.75) is 66.2 Å². The molecule has 0 radical (unpaired) electrons. The van der Waals surface area contributed by atoms with Crippen molar-refractivity contribution < 1.29 is 0 Å². The Labute approximate surface area is 95.8 Å². The van der Waals surface area contributed by atoms with Gasteiger partial charge in [0.25, 0.3) is 0 Å². The Hall–Kier alpha value is 0. The molecular weight excluding hydrogens is 180 g/mol. The molecule has 0 heteroatoms. The predicted octanol–water partition coefficient (Wildman–Crippen LogP) is 4.89.